The van der Waals surface area contributed by atoms with Crippen molar-refractivity contribution in [3.05, 3.63) is 64.6 Å². The van der Waals surface area contributed by atoms with Crippen molar-refractivity contribution in [3.8, 4) is 10.8 Å². The molecule has 1 N–H and O–H groups in total. The number of piperazine rings is 1. The number of furan rings is 1. The molecule has 0 bridgehead atoms. The summed E-state index contributed by atoms with van der Waals surface area (Å²) in [6, 6.07) is 12.6. The molecule has 3 aromatic heterocycles. The number of carbonyl (C=O) groups is 1. The molecule has 158 valence electrons. The Hall–Kier alpha value is -3.66. The van der Waals surface area contributed by atoms with Gasteiger partial charge >= 0.3 is 6.03 Å². The Labute approximate surface area is 181 Å². The first-order chi connectivity index (χ1) is 15.1. The van der Waals surface area contributed by atoms with Crippen LogP contribution in [0.2, 0.25) is 0 Å². The number of aryl methyl sites for hydroxylation is 1. The monoisotopic (exact) mass is 436 g/mol. The molecular weight excluding hydrogens is 416 g/mol. The summed E-state index contributed by atoms with van der Waals surface area (Å²) in [5.74, 6) is 1.20. The molecule has 4 aromatic rings. The van der Waals surface area contributed by atoms with Gasteiger partial charge in [0.1, 0.15) is 5.82 Å². The van der Waals surface area contributed by atoms with Gasteiger partial charge in [-0.3, -0.25) is 4.79 Å². The summed E-state index contributed by atoms with van der Waals surface area (Å²) in [6.07, 6.45) is 1.57. The fourth-order valence-electron chi connectivity index (χ4n) is 3.53. The van der Waals surface area contributed by atoms with Crippen LogP contribution >= 0.6 is 11.3 Å². The maximum Gasteiger partial charge on any atom is 0.321 e. The second-order valence-corrected chi connectivity index (χ2v) is 8.26. The SMILES string of the molecule is Cc1cccc(NC(=O)N2CCN(c3cc(=O)n4nc(-c5ccco5)sc4n3)CC2)c1. The lowest BCUT2D eigenvalue weighted by atomic mass is 10.2. The standard InChI is InChI=1S/C21H20N6O3S/c1-14-4-2-5-15(12-14)22-20(29)26-9-7-25(8-10-26)17-13-18(28)27-21(23-17)31-19(24-27)16-6-3-11-30-16/h2-6,11-13H,7-10H2,1H3,(H,22,29). The predicted octanol–water partition coefficient (Wildman–Crippen LogP) is 3.07. The first kappa shape index (κ1) is 19.3. The third-order valence-electron chi connectivity index (χ3n) is 5.12. The van der Waals surface area contributed by atoms with E-state index in [1.54, 1.807) is 23.3 Å². The van der Waals surface area contributed by atoms with Crippen LogP contribution in [0, 0.1) is 6.92 Å². The number of amides is 2. The average Bonchev–Trinajstić information content (AvgIpc) is 3.44. The van der Waals surface area contributed by atoms with Crippen molar-refractivity contribution in [2.24, 2.45) is 0 Å². The average molecular weight is 436 g/mol. The number of aromatic nitrogens is 3. The highest BCUT2D eigenvalue weighted by Gasteiger charge is 2.23. The van der Waals surface area contributed by atoms with E-state index in [9.17, 15) is 9.59 Å². The molecule has 5 rings (SSSR count). The first-order valence-corrected chi connectivity index (χ1v) is 10.7. The van der Waals surface area contributed by atoms with Gasteiger partial charge in [0.2, 0.25) is 4.96 Å². The number of anilines is 2. The van der Waals surface area contributed by atoms with Gasteiger partial charge < -0.3 is 19.5 Å². The van der Waals surface area contributed by atoms with Gasteiger partial charge in [0.05, 0.1) is 6.26 Å². The zero-order valence-corrected chi connectivity index (χ0v) is 17.6. The van der Waals surface area contributed by atoms with Gasteiger partial charge in [-0.05, 0) is 36.8 Å². The van der Waals surface area contributed by atoms with E-state index in [0.29, 0.717) is 47.7 Å². The van der Waals surface area contributed by atoms with Crippen molar-refractivity contribution < 1.29 is 9.21 Å². The largest absolute Gasteiger partial charge is 0.462 e. The summed E-state index contributed by atoms with van der Waals surface area (Å²) in [4.78, 5) is 34.1. The van der Waals surface area contributed by atoms with Crippen LogP contribution in [0.1, 0.15) is 5.56 Å². The molecule has 4 heterocycles. The summed E-state index contributed by atoms with van der Waals surface area (Å²) < 4.78 is 6.66. The van der Waals surface area contributed by atoms with Gasteiger partial charge in [-0.2, -0.15) is 4.52 Å². The highest BCUT2D eigenvalue weighted by Crippen LogP contribution is 2.25. The molecule has 1 saturated heterocycles. The van der Waals surface area contributed by atoms with Gasteiger partial charge in [-0.15, -0.1) is 5.10 Å². The lowest BCUT2D eigenvalue weighted by Gasteiger charge is -2.35. The van der Waals surface area contributed by atoms with Crippen molar-refractivity contribution in [3.63, 3.8) is 0 Å². The van der Waals surface area contributed by atoms with Crippen molar-refractivity contribution >= 4 is 33.8 Å². The summed E-state index contributed by atoms with van der Waals surface area (Å²) >= 11 is 1.30. The first-order valence-electron chi connectivity index (χ1n) is 9.89. The maximum absolute atomic E-state index is 12.6. The number of nitrogens with zero attached hydrogens (tertiary/aromatic N) is 5. The van der Waals surface area contributed by atoms with Crippen LogP contribution in [-0.2, 0) is 0 Å². The van der Waals surface area contributed by atoms with E-state index in [2.05, 4.69) is 15.4 Å². The number of urea groups is 1. The minimum absolute atomic E-state index is 0.126. The topological polar surface area (TPSA) is 96.0 Å². The van der Waals surface area contributed by atoms with Gasteiger partial charge in [0.15, 0.2) is 10.8 Å². The number of carbonyl (C=O) groups excluding carboxylic acids is 1. The van der Waals surface area contributed by atoms with Crippen molar-refractivity contribution in [2.45, 2.75) is 6.92 Å². The molecule has 2 amide bonds. The summed E-state index contributed by atoms with van der Waals surface area (Å²) in [6.45, 7) is 4.25. The van der Waals surface area contributed by atoms with E-state index in [1.807, 2.05) is 36.1 Å². The Kier molecular flexibility index (Phi) is 4.91. The zero-order valence-electron chi connectivity index (χ0n) is 16.8. The molecule has 0 saturated carbocycles. The van der Waals surface area contributed by atoms with Crippen LogP contribution in [0.5, 0.6) is 0 Å². The second kappa shape index (κ2) is 7.88. The molecule has 0 atom stereocenters. The lowest BCUT2D eigenvalue weighted by Crippen LogP contribution is -2.50. The highest BCUT2D eigenvalue weighted by molar-refractivity contribution is 7.19. The Morgan fingerprint density at radius 3 is 2.71 bits per heavy atom. The number of hydrogen-bond donors (Lipinski definition) is 1. The van der Waals surface area contributed by atoms with Crippen LogP contribution in [0.15, 0.2) is 57.9 Å². The van der Waals surface area contributed by atoms with Crippen molar-refractivity contribution in [1.29, 1.82) is 0 Å². The Bertz CT molecular complexity index is 1290. The fourth-order valence-corrected chi connectivity index (χ4v) is 4.39. The van der Waals surface area contributed by atoms with E-state index < -0.39 is 0 Å². The molecule has 1 aliphatic heterocycles. The minimum Gasteiger partial charge on any atom is -0.462 e. The van der Waals surface area contributed by atoms with Crippen molar-refractivity contribution in [2.75, 3.05) is 36.4 Å². The molecule has 10 heteroatoms. The minimum atomic E-state index is -0.242. The molecule has 1 aromatic carbocycles. The Balaban J connectivity index is 1.29. The Morgan fingerprint density at radius 2 is 1.97 bits per heavy atom. The van der Waals surface area contributed by atoms with Crippen LogP contribution < -0.4 is 15.8 Å². The van der Waals surface area contributed by atoms with Gasteiger partial charge in [0, 0.05) is 37.9 Å². The summed E-state index contributed by atoms with van der Waals surface area (Å²) in [5.41, 5.74) is 1.63. The lowest BCUT2D eigenvalue weighted by molar-refractivity contribution is 0.208. The molecule has 9 nitrogen and oxygen atoms in total. The second-order valence-electron chi connectivity index (χ2n) is 7.31. The normalized spacial score (nSPS) is 14.2. The van der Waals surface area contributed by atoms with E-state index >= 15 is 0 Å². The maximum atomic E-state index is 12.6. The van der Waals surface area contributed by atoms with Crippen LogP contribution in [-0.4, -0.2) is 51.7 Å². The predicted molar refractivity (Wildman–Crippen MR) is 119 cm³/mol. The third-order valence-corrected chi connectivity index (χ3v) is 6.05. The number of rotatable bonds is 3. The number of hydrogen-bond acceptors (Lipinski definition) is 7. The third kappa shape index (κ3) is 3.89. The van der Waals surface area contributed by atoms with E-state index in [1.165, 1.54) is 21.9 Å². The van der Waals surface area contributed by atoms with E-state index in [0.717, 1.165) is 11.3 Å². The fraction of sp³-hybridized carbons (Fsp3) is 0.238. The van der Waals surface area contributed by atoms with E-state index in [4.69, 9.17) is 4.42 Å². The summed E-state index contributed by atoms with van der Waals surface area (Å²) in [5, 5.41) is 7.85. The molecular formula is C21H20N6O3S. The van der Waals surface area contributed by atoms with Crippen LogP contribution in [0.4, 0.5) is 16.3 Å². The smallest absolute Gasteiger partial charge is 0.321 e. The van der Waals surface area contributed by atoms with Crippen molar-refractivity contribution in [1.82, 2.24) is 19.5 Å². The quantitative estimate of drug-likeness (QED) is 0.530. The molecule has 0 radical (unpaired) electrons. The molecule has 0 spiro atoms. The van der Waals surface area contributed by atoms with Crippen LogP contribution in [0.25, 0.3) is 15.7 Å². The van der Waals surface area contributed by atoms with E-state index in [-0.39, 0.29) is 11.6 Å². The number of fused-ring (bicyclic) bond motifs is 1. The van der Waals surface area contributed by atoms with Crippen LogP contribution in [0.3, 0.4) is 0 Å². The molecule has 0 unspecified atom stereocenters. The number of nitrogens with one attached hydrogen (secondary N) is 1. The van der Waals surface area contributed by atoms with Gasteiger partial charge in [0.25, 0.3) is 5.56 Å². The molecule has 1 aliphatic rings. The zero-order chi connectivity index (χ0) is 21.4. The number of benzene rings is 1. The molecule has 0 aliphatic carbocycles. The summed E-state index contributed by atoms with van der Waals surface area (Å²) in [7, 11) is 0. The molecule has 31 heavy (non-hydrogen) atoms. The van der Waals surface area contributed by atoms with Gasteiger partial charge in [-0.1, -0.05) is 23.5 Å². The Morgan fingerprint density at radius 1 is 1.13 bits per heavy atom. The molecule has 1 fully saturated rings. The van der Waals surface area contributed by atoms with Gasteiger partial charge in [-0.25, -0.2) is 9.78 Å². The highest BCUT2D eigenvalue weighted by atomic mass is 32.1.